The summed E-state index contributed by atoms with van der Waals surface area (Å²) >= 11 is 0. The highest BCUT2D eigenvalue weighted by Crippen LogP contribution is 2.29. The molecule has 2 heterocycles. The zero-order valence-corrected chi connectivity index (χ0v) is 9.63. The number of aromatic nitrogens is 2. The van der Waals surface area contributed by atoms with Gasteiger partial charge in [0, 0.05) is 42.8 Å². The first kappa shape index (κ1) is 10.2. The van der Waals surface area contributed by atoms with Crippen LogP contribution in [-0.4, -0.2) is 23.1 Å². The molecule has 0 amide bonds. The van der Waals surface area contributed by atoms with Crippen molar-refractivity contribution < 1.29 is 0 Å². The van der Waals surface area contributed by atoms with Crippen LogP contribution < -0.4 is 10.6 Å². The molecule has 4 nitrogen and oxygen atoms in total. The van der Waals surface area contributed by atoms with Crippen molar-refractivity contribution >= 4 is 11.4 Å². The monoisotopic (exact) mass is 228 g/mol. The van der Waals surface area contributed by atoms with E-state index < -0.39 is 0 Å². The minimum absolute atomic E-state index is 0.516. The number of nitrogen functional groups attached to an aromatic ring is 1. The maximum Gasteiger partial charge on any atom is 0.110 e. The van der Waals surface area contributed by atoms with Crippen LogP contribution in [0.25, 0.3) is 0 Å². The number of benzene rings is 1. The number of nitrogens with two attached hydrogens (primary N) is 1. The highest BCUT2D eigenvalue weighted by molar-refractivity contribution is 5.54. The molecule has 17 heavy (non-hydrogen) atoms. The maximum absolute atomic E-state index is 5.70. The van der Waals surface area contributed by atoms with E-state index in [4.69, 9.17) is 5.73 Å². The summed E-state index contributed by atoms with van der Waals surface area (Å²) in [6, 6.07) is 8.07. The lowest BCUT2D eigenvalue weighted by molar-refractivity contribution is 0.723. The lowest BCUT2D eigenvalue weighted by Crippen LogP contribution is -2.19. The minimum atomic E-state index is 0.516. The van der Waals surface area contributed by atoms with Crippen LogP contribution in [0.15, 0.2) is 36.7 Å². The van der Waals surface area contributed by atoms with Crippen LogP contribution in [0.4, 0.5) is 11.4 Å². The van der Waals surface area contributed by atoms with E-state index in [1.807, 2.05) is 24.5 Å². The first-order valence-corrected chi connectivity index (χ1v) is 5.93. The molecule has 3 N–H and O–H groups in total. The smallest absolute Gasteiger partial charge is 0.110 e. The first-order valence-electron chi connectivity index (χ1n) is 5.93. The number of rotatable bonds is 2. The van der Waals surface area contributed by atoms with Gasteiger partial charge in [0.2, 0.25) is 0 Å². The van der Waals surface area contributed by atoms with Crippen LogP contribution in [0, 0.1) is 0 Å². The van der Waals surface area contributed by atoms with Crippen LogP contribution in [0.5, 0.6) is 0 Å². The van der Waals surface area contributed by atoms with Crippen molar-refractivity contribution in [1.29, 1.82) is 0 Å². The quantitative estimate of drug-likeness (QED) is 0.773. The molecule has 1 aromatic heterocycles. The van der Waals surface area contributed by atoms with Gasteiger partial charge in [-0.05, 0) is 30.7 Å². The van der Waals surface area contributed by atoms with Crippen molar-refractivity contribution in [1.82, 2.24) is 9.97 Å². The van der Waals surface area contributed by atoms with Crippen molar-refractivity contribution in [2.45, 2.75) is 12.3 Å². The standard InChI is InChI=1S/C13H16N4/c14-11-1-3-12(4-2-11)17-8-5-10(9-17)13-15-6-7-16-13/h1-4,6-7,10H,5,8-9,14H2,(H,15,16). The van der Waals surface area contributed by atoms with Gasteiger partial charge < -0.3 is 15.6 Å². The Morgan fingerprint density at radius 2 is 2.12 bits per heavy atom. The Hall–Kier alpha value is -1.97. The van der Waals surface area contributed by atoms with Crippen molar-refractivity contribution in [2.24, 2.45) is 0 Å². The second-order valence-corrected chi connectivity index (χ2v) is 4.50. The van der Waals surface area contributed by atoms with Crippen molar-refractivity contribution in [3.63, 3.8) is 0 Å². The number of H-pyrrole nitrogens is 1. The molecule has 1 aromatic carbocycles. The molecule has 1 unspecified atom stereocenters. The third-order valence-corrected chi connectivity index (χ3v) is 3.35. The number of anilines is 2. The molecule has 0 spiro atoms. The summed E-state index contributed by atoms with van der Waals surface area (Å²) in [6.45, 7) is 2.10. The Bertz CT molecular complexity index is 475. The lowest BCUT2D eigenvalue weighted by atomic mass is 10.1. The predicted molar refractivity (Wildman–Crippen MR) is 69.0 cm³/mol. The average molecular weight is 228 g/mol. The van der Waals surface area contributed by atoms with Gasteiger partial charge in [-0.1, -0.05) is 0 Å². The van der Waals surface area contributed by atoms with Gasteiger partial charge in [0.05, 0.1) is 0 Å². The fourth-order valence-corrected chi connectivity index (χ4v) is 2.40. The maximum atomic E-state index is 5.70. The first-order chi connectivity index (χ1) is 8.33. The van der Waals surface area contributed by atoms with Crippen molar-refractivity contribution in [2.75, 3.05) is 23.7 Å². The average Bonchev–Trinajstić information content (AvgIpc) is 3.00. The third kappa shape index (κ3) is 1.98. The zero-order valence-electron chi connectivity index (χ0n) is 9.63. The summed E-state index contributed by atoms with van der Waals surface area (Å²) in [7, 11) is 0. The summed E-state index contributed by atoms with van der Waals surface area (Å²) < 4.78 is 0. The van der Waals surface area contributed by atoms with Gasteiger partial charge >= 0.3 is 0 Å². The zero-order chi connectivity index (χ0) is 11.7. The second kappa shape index (κ2) is 4.13. The highest BCUT2D eigenvalue weighted by atomic mass is 15.2. The Balaban J connectivity index is 1.74. The van der Waals surface area contributed by atoms with Gasteiger partial charge in [0.25, 0.3) is 0 Å². The molecule has 1 saturated heterocycles. The minimum Gasteiger partial charge on any atom is -0.399 e. The van der Waals surface area contributed by atoms with E-state index in [1.54, 1.807) is 0 Å². The van der Waals surface area contributed by atoms with Crippen molar-refractivity contribution in [3.05, 3.63) is 42.5 Å². The predicted octanol–water partition coefficient (Wildman–Crippen LogP) is 1.99. The molecule has 88 valence electrons. The molecule has 0 saturated carbocycles. The molecule has 1 aliphatic heterocycles. The Morgan fingerprint density at radius 1 is 1.29 bits per heavy atom. The van der Waals surface area contributed by atoms with Gasteiger partial charge in [-0.3, -0.25) is 0 Å². The number of hydrogen-bond acceptors (Lipinski definition) is 3. The van der Waals surface area contributed by atoms with E-state index in [-0.39, 0.29) is 0 Å². The molecule has 1 fully saturated rings. The summed E-state index contributed by atoms with van der Waals surface area (Å²) in [5, 5.41) is 0. The van der Waals surface area contributed by atoms with E-state index >= 15 is 0 Å². The van der Waals surface area contributed by atoms with Gasteiger partial charge in [-0.2, -0.15) is 0 Å². The molecule has 0 radical (unpaired) electrons. The van der Waals surface area contributed by atoms with Gasteiger partial charge in [-0.15, -0.1) is 0 Å². The fourth-order valence-electron chi connectivity index (χ4n) is 2.40. The van der Waals surface area contributed by atoms with E-state index in [0.29, 0.717) is 5.92 Å². The molecular weight excluding hydrogens is 212 g/mol. The van der Waals surface area contributed by atoms with E-state index in [2.05, 4.69) is 27.0 Å². The molecule has 2 aromatic rings. The number of aromatic amines is 1. The fraction of sp³-hybridized carbons (Fsp3) is 0.308. The number of imidazole rings is 1. The summed E-state index contributed by atoms with van der Waals surface area (Å²) in [5.41, 5.74) is 7.76. The largest absolute Gasteiger partial charge is 0.399 e. The van der Waals surface area contributed by atoms with Crippen LogP contribution >= 0.6 is 0 Å². The number of hydrogen-bond donors (Lipinski definition) is 2. The van der Waals surface area contributed by atoms with E-state index in [1.165, 1.54) is 5.69 Å². The van der Waals surface area contributed by atoms with Crippen molar-refractivity contribution in [3.8, 4) is 0 Å². The lowest BCUT2D eigenvalue weighted by Gasteiger charge is -2.18. The Labute approximate surface area is 100 Å². The van der Waals surface area contributed by atoms with Gasteiger partial charge in [0.1, 0.15) is 5.82 Å². The molecule has 3 rings (SSSR count). The molecule has 0 bridgehead atoms. The SMILES string of the molecule is Nc1ccc(N2CCC(c3ncc[nH]3)C2)cc1. The Morgan fingerprint density at radius 3 is 2.82 bits per heavy atom. The summed E-state index contributed by atoms with van der Waals surface area (Å²) in [6.07, 6.45) is 4.86. The second-order valence-electron chi connectivity index (χ2n) is 4.50. The van der Waals surface area contributed by atoms with Gasteiger partial charge in [-0.25, -0.2) is 4.98 Å². The third-order valence-electron chi connectivity index (χ3n) is 3.35. The van der Waals surface area contributed by atoms with E-state index in [0.717, 1.165) is 31.0 Å². The summed E-state index contributed by atoms with van der Waals surface area (Å²) in [5.74, 6) is 1.62. The Kier molecular flexibility index (Phi) is 2.48. The summed E-state index contributed by atoms with van der Waals surface area (Å²) in [4.78, 5) is 9.92. The molecule has 1 atom stereocenters. The normalized spacial score (nSPS) is 19.8. The number of nitrogens with zero attached hydrogens (tertiary/aromatic N) is 2. The van der Waals surface area contributed by atoms with Crippen LogP contribution in [0.1, 0.15) is 18.2 Å². The topological polar surface area (TPSA) is 57.9 Å². The number of nitrogens with one attached hydrogen (secondary N) is 1. The van der Waals surface area contributed by atoms with E-state index in [9.17, 15) is 0 Å². The van der Waals surface area contributed by atoms with Crippen LogP contribution in [0.3, 0.4) is 0 Å². The van der Waals surface area contributed by atoms with Crippen LogP contribution in [-0.2, 0) is 0 Å². The van der Waals surface area contributed by atoms with Gasteiger partial charge in [0.15, 0.2) is 0 Å². The highest BCUT2D eigenvalue weighted by Gasteiger charge is 2.25. The molecule has 4 heteroatoms. The molecule has 1 aliphatic rings. The van der Waals surface area contributed by atoms with Crippen LogP contribution in [0.2, 0.25) is 0 Å². The molecular formula is C13H16N4. The molecule has 0 aliphatic carbocycles.